The van der Waals surface area contributed by atoms with E-state index < -0.39 is 29.7 Å². The van der Waals surface area contributed by atoms with Crippen molar-refractivity contribution in [2.24, 2.45) is 0 Å². The predicted molar refractivity (Wildman–Crippen MR) is 174 cm³/mol. The van der Waals surface area contributed by atoms with E-state index in [0.717, 1.165) is 22.8 Å². The molecule has 0 radical (unpaired) electrons. The lowest BCUT2D eigenvalue weighted by Gasteiger charge is -2.17. The first-order valence-corrected chi connectivity index (χ1v) is 15.9. The number of amides is 1. The Balaban J connectivity index is 1.39. The fourth-order valence-corrected chi connectivity index (χ4v) is 5.65. The molecule has 1 unspecified atom stereocenters. The number of fused-ring (bicyclic) bond motifs is 1. The highest BCUT2D eigenvalue weighted by Gasteiger charge is 2.33. The zero-order chi connectivity index (χ0) is 32.7. The monoisotopic (exact) mass is 644 g/mol. The highest BCUT2D eigenvalue weighted by Crippen LogP contribution is 2.39. The van der Waals surface area contributed by atoms with E-state index in [0.29, 0.717) is 46.4 Å². The molecule has 46 heavy (non-hydrogen) atoms. The molecule has 0 saturated heterocycles. The number of halogens is 3. The molecular weight excluding hydrogens is 613 g/mol. The number of aromatic nitrogens is 1. The van der Waals surface area contributed by atoms with Crippen molar-refractivity contribution in [3.05, 3.63) is 131 Å². The van der Waals surface area contributed by atoms with Crippen LogP contribution in [-0.4, -0.2) is 40.0 Å². The van der Waals surface area contributed by atoms with Gasteiger partial charge in [0, 0.05) is 17.1 Å². The van der Waals surface area contributed by atoms with Crippen LogP contribution in [0.2, 0.25) is 0 Å². The first-order valence-electron chi connectivity index (χ1n) is 14.5. The van der Waals surface area contributed by atoms with E-state index in [9.17, 15) is 27.9 Å². The van der Waals surface area contributed by atoms with E-state index in [1.165, 1.54) is 24.0 Å². The number of pyridine rings is 1. The largest absolute Gasteiger partial charge is 0.489 e. The van der Waals surface area contributed by atoms with Gasteiger partial charge in [-0.25, -0.2) is 4.79 Å². The third kappa shape index (κ3) is 7.87. The van der Waals surface area contributed by atoms with Crippen LogP contribution in [0.25, 0.3) is 22.0 Å². The number of carbonyl (C=O) groups excluding carboxylic acids is 1. The Labute approximate surface area is 268 Å². The summed E-state index contributed by atoms with van der Waals surface area (Å²) in [7, 11) is 0. The molecule has 1 heterocycles. The van der Waals surface area contributed by atoms with Gasteiger partial charge in [0.15, 0.2) is 0 Å². The fourth-order valence-electron chi connectivity index (χ4n) is 5.18. The molecule has 1 amide bonds. The predicted octanol–water partition coefficient (Wildman–Crippen LogP) is 8.03. The summed E-state index contributed by atoms with van der Waals surface area (Å²) in [4.78, 5) is 28.4. The van der Waals surface area contributed by atoms with Crippen molar-refractivity contribution < 1.29 is 32.6 Å². The number of alkyl halides is 3. The molecule has 4 aromatic carbocycles. The summed E-state index contributed by atoms with van der Waals surface area (Å²) in [5.74, 6) is -0.435. The number of carboxylic acid groups (broad SMARTS) is 1. The molecule has 5 aromatic rings. The zero-order valence-corrected chi connectivity index (χ0v) is 25.7. The third-order valence-electron chi connectivity index (χ3n) is 7.48. The summed E-state index contributed by atoms with van der Waals surface area (Å²) in [5.41, 5.74) is 3.32. The average Bonchev–Trinajstić information content (AvgIpc) is 3.05. The molecule has 0 fully saturated rings. The topological polar surface area (TPSA) is 88.5 Å². The lowest BCUT2D eigenvalue weighted by molar-refractivity contribution is -0.139. The zero-order valence-electron chi connectivity index (χ0n) is 24.9. The third-order valence-corrected chi connectivity index (χ3v) is 8.12. The fraction of sp³-hybridized carbons (Fsp3) is 0.194. The van der Waals surface area contributed by atoms with E-state index in [2.05, 4.69) is 10.3 Å². The van der Waals surface area contributed by atoms with Crippen LogP contribution in [0.3, 0.4) is 0 Å². The van der Waals surface area contributed by atoms with Crippen LogP contribution in [0.4, 0.5) is 13.2 Å². The quantitative estimate of drug-likeness (QED) is 0.143. The summed E-state index contributed by atoms with van der Waals surface area (Å²) >= 11 is 1.51. The normalized spacial score (nSPS) is 12.1. The molecule has 1 atom stereocenters. The molecule has 236 valence electrons. The first kappa shape index (κ1) is 32.6. The molecule has 6 nitrogen and oxygen atoms in total. The average molecular weight is 645 g/mol. The molecule has 10 heteroatoms. The van der Waals surface area contributed by atoms with Gasteiger partial charge < -0.3 is 15.2 Å². The van der Waals surface area contributed by atoms with Gasteiger partial charge in [0.2, 0.25) is 0 Å². The van der Waals surface area contributed by atoms with Crippen molar-refractivity contribution in [1.29, 1.82) is 0 Å². The van der Waals surface area contributed by atoms with Gasteiger partial charge in [-0.2, -0.15) is 24.9 Å². The second-order valence-electron chi connectivity index (χ2n) is 10.7. The Bertz CT molecular complexity index is 1830. The van der Waals surface area contributed by atoms with Crippen LogP contribution in [0, 0.1) is 0 Å². The minimum atomic E-state index is -4.56. The Kier molecular flexibility index (Phi) is 10.3. The molecule has 0 aliphatic carbocycles. The van der Waals surface area contributed by atoms with Crippen molar-refractivity contribution in [2.75, 3.05) is 12.0 Å². The van der Waals surface area contributed by atoms with Crippen molar-refractivity contribution in [3.63, 3.8) is 0 Å². The highest BCUT2D eigenvalue weighted by atomic mass is 32.2. The van der Waals surface area contributed by atoms with Gasteiger partial charge in [0.05, 0.1) is 11.1 Å². The number of hydrogen-bond acceptors (Lipinski definition) is 5. The van der Waals surface area contributed by atoms with Crippen LogP contribution >= 0.6 is 11.8 Å². The van der Waals surface area contributed by atoms with Gasteiger partial charge in [0.1, 0.15) is 18.4 Å². The van der Waals surface area contributed by atoms with Crippen molar-refractivity contribution in [2.45, 2.75) is 31.7 Å². The number of hydrogen-bond donors (Lipinski definition) is 2. The van der Waals surface area contributed by atoms with Gasteiger partial charge in [-0.05, 0) is 83.0 Å². The Morgan fingerprint density at radius 3 is 2.37 bits per heavy atom. The van der Waals surface area contributed by atoms with Gasteiger partial charge in [-0.1, -0.05) is 66.7 Å². The molecule has 0 saturated carbocycles. The van der Waals surface area contributed by atoms with E-state index in [4.69, 9.17) is 4.74 Å². The van der Waals surface area contributed by atoms with Crippen molar-refractivity contribution in [3.8, 4) is 16.9 Å². The number of rotatable bonds is 12. The standard InChI is InChI=1S/C36H31F3N2O4S/c1-46-18-17-31(35(43)44)41-34(42)25-15-13-24(14-16-25)22-45-28-10-5-9-26(20-28)32-27(19-23-7-3-2-4-8-23)21-40-33-29(32)11-6-12-30(33)36(37,38)39/h2-16,20-21,31H,17-19,22H2,1H3,(H,41,42)(H,43,44). The van der Waals surface area contributed by atoms with Crippen molar-refractivity contribution >= 4 is 34.5 Å². The molecule has 0 bridgehead atoms. The first-order chi connectivity index (χ1) is 22.1. The molecule has 0 aliphatic rings. The van der Waals surface area contributed by atoms with E-state index in [1.54, 1.807) is 48.5 Å². The molecule has 0 aliphatic heterocycles. The highest BCUT2D eigenvalue weighted by molar-refractivity contribution is 7.98. The lowest BCUT2D eigenvalue weighted by atomic mass is 9.92. The van der Waals surface area contributed by atoms with Crippen LogP contribution < -0.4 is 10.1 Å². The number of aliphatic carboxylic acids is 1. The Morgan fingerprint density at radius 2 is 1.67 bits per heavy atom. The smallest absolute Gasteiger partial charge is 0.418 e. The van der Waals surface area contributed by atoms with Gasteiger partial charge in [-0.3, -0.25) is 9.78 Å². The van der Waals surface area contributed by atoms with Crippen LogP contribution in [-0.2, 0) is 24.0 Å². The lowest BCUT2D eigenvalue weighted by Crippen LogP contribution is -2.41. The maximum absolute atomic E-state index is 13.9. The van der Waals surface area contributed by atoms with Crippen LogP contribution in [0.15, 0.2) is 103 Å². The second-order valence-corrected chi connectivity index (χ2v) is 11.7. The minimum absolute atomic E-state index is 0.115. The minimum Gasteiger partial charge on any atom is -0.489 e. The number of nitrogens with zero attached hydrogens (tertiary/aromatic N) is 1. The number of para-hydroxylation sites is 1. The van der Waals surface area contributed by atoms with E-state index in [-0.39, 0.29) is 12.1 Å². The molecule has 0 spiro atoms. The Morgan fingerprint density at radius 1 is 0.935 bits per heavy atom. The maximum Gasteiger partial charge on any atom is 0.418 e. The van der Waals surface area contributed by atoms with Gasteiger partial charge in [0.25, 0.3) is 5.91 Å². The van der Waals surface area contributed by atoms with Crippen LogP contribution in [0.5, 0.6) is 5.75 Å². The SMILES string of the molecule is CSCCC(NC(=O)c1ccc(COc2cccc(-c3c(Cc4ccccc4)cnc4c(C(F)(F)F)cccc34)c2)cc1)C(=O)O. The van der Waals surface area contributed by atoms with E-state index in [1.807, 2.05) is 42.7 Å². The summed E-state index contributed by atoms with van der Waals surface area (Å²) in [6.45, 7) is 0.170. The van der Waals surface area contributed by atoms with Crippen molar-refractivity contribution in [1.82, 2.24) is 10.3 Å². The number of nitrogens with one attached hydrogen (secondary N) is 1. The summed E-state index contributed by atoms with van der Waals surface area (Å²) in [6, 6.07) is 26.7. The number of carboxylic acids is 1. The molecule has 2 N–H and O–H groups in total. The second kappa shape index (κ2) is 14.5. The number of ether oxygens (including phenoxy) is 1. The number of benzene rings is 4. The summed E-state index contributed by atoms with van der Waals surface area (Å²) in [6.07, 6.45) is -0.370. The Hall–Kier alpha value is -4.83. The van der Waals surface area contributed by atoms with Gasteiger partial charge >= 0.3 is 12.1 Å². The maximum atomic E-state index is 13.9. The van der Waals surface area contributed by atoms with E-state index >= 15 is 0 Å². The number of carbonyl (C=O) groups is 2. The number of thioether (sulfide) groups is 1. The van der Waals surface area contributed by atoms with Gasteiger partial charge in [-0.15, -0.1) is 0 Å². The summed E-state index contributed by atoms with van der Waals surface area (Å²) < 4.78 is 47.8. The summed E-state index contributed by atoms with van der Waals surface area (Å²) in [5, 5.41) is 12.4. The van der Waals surface area contributed by atoms with Crippen LogP contribution in [0.1, 0.15) is 39.0 Å². The molecular formula is C36H31F3N2O4S. The molecule has 5 rings (SSSR count). The molecule has 1 aromatic heterocycles.